The number of benzene rings is 1. The first-order valence-electron chi connectivity index (χ1n) is 9.84. The SMILES string of the molecule is CN=C(NCCN(C)CC(F)(F)F)NCc1cccc(OC)c1OC1CCCC1. The Morgan fingerprint density at radius 1 is 1.24 bits per heavy atom. The first-order chi connectivity index (χ1) is 13.8. The summed E-state index contributed by atoms with van der Waals surface area (Å²) in [6, 6.07) is 5.74. The van der Waals surface area contributed by atoms with E-state index in [1.807, 2.05) is 18.2 Å². The molecule has 2 N–H and O–H groups in total. The average Bonchev–Trinajstić information content (AvgIpc) is 3.17. The van der Waals surface area contributed by atoms with Gasteiger partial charge in [-0.15, -0.1) is 0 Å². The molecular formula is C20H31F3N4O2. The zero-order valence-electron chi connectivity index (χ0n) is 17.3. The van der Waals surface area contributed by atoms with E-state index < -0.39 is 12.7 Å². The van der Waals surface area contributed by atoms with E-state index in [1.165, 1.54) is 24.8 Å². The van der Waals surface area contributed by atoms with Crippen LogP contribution >= 0.6 is 0 Å². The fourth-order valence-electron chi connectivity index (χ4n) is 3.32. The molecule has 0 radical (unpaired) electrons. The second kappa shape index (κ2) is 11.1. The van der Waals surface area contributed by atoms with Crippen LogP contribution in [0.3, 0.4) is 0 Å². The number of hydrogen-bond acceptors (Lipinski definition) is 4. The highest BCUT2D eigenvalue weighted by Gasteiger charge is 2.28. The number of nitrogens with zero attached hydrogens (tertiary/aromatic N) is 2. The van der Waals surface area contributed by atoms with Crippen LogP contribution in [0.15, 0.2) is 23.2 Å². The molecule has 2 rings (SSSR count). The lowest BCUT2D eigenvalue weighted by atomic mass is 10.1. The Balaban J connectivity index is 1.90. The third-order valence-electron chi connectivity index (χ3n) is 4.77. The summed E-state index contributed by atoms with van der Waals surface area (Å²) < 4.78 is 48.9. The summed E-state index contributed by atoms with van der Waals surface area (Å²) in [5, 5.41) is 6.22. The van der Waals surface area contributed by atoms with E-state index >= 15 is 0 Å². The minimum Gasteiger partial charge on any atom is -0.493 e. The minimum atomic E-state index is -4.20. The van der Waals surface area contributed by atoms with Crippen molar-refractivity contribution in [2.75, 3.05) is 40.8 Å². The molecule has 164 valence electrons. The van der Waals surface area contributed by atoms with Crippen LogP contribution < -0.4 is 20.1 Å². The van der Waals surface area contributed by atoms with Crippen molar-refractivity contribution in [3.63, 3.8) is 0 Å². The van der Waals surface area contributed by atoms with Crippen molar-refractivity contribution in [1.82, 2.24) is 15.5 Å². The molecule has 1 aliphatic carbocycles. The van der Waals surface area contributed by atoms with Crippen LogP contribution in [0.4, 0.5) is 13.2 Å². The van der Waals surface area contributed by atoms with Crippen molar-refractivity contribution >= 4 is 5.96 Å². The lowest BCUT2D eigenvalue weighted by Crippen LogP contribution is -2.42. The summed E-state index contributed by atoms with van der Waals surface area (Å²) in [6.07, 6.45) is 0.432. The number of halogens is 3. The number of guanidine groups is 1. The molecule has 1 aromatic carbocycles. The molecule has 0 unspecified atom stereocenters. The maximum atomic E-state index is 12.4. The number of ether oxygens (including phenoxy) is 2. The molecule has 0 saturated heterocycles. The minimum absolute atomic E-state index is 0.201. The van der Waals surface area contributed by atoms with Crippen LogP contribution in [0.1, 0.15) is 31.2 Å². The highest BCUT2D eigenvalue weighted by Crippen LogP contribution is 2.34. The van der Waals surface area contributed by atoms with Crippen LogP contribution in [-0.4, -0.2) is 64.0 Å². The van der Waals surface area contributed by atoms with Gasteiger partial charge in [0.05, 0.1) is 19.8 Å². The molecule has 1 fully saturated rings. The van der Waals surface area contributed by atoms with Gasteiger partial charge in [0.2, 0.25) is 0 Å². The summed E-state index contributed by atoms with van der Waals surface area (Å²) in [4.78, 5) is 5.35. The van der Waals surface area contributed by atoms with Crippen molar-refractivity contribution in [1.29, 1.82) is 0 Å². The van der Waals surface area contributed by atoms with Gasteiger partial charge in [-0.2, -0.15) is 13.2 Å². The number of hydrogen-bond donors (Lipinski definition) is 2. The summed E-state index contributed by atoms with van der Waals surface area (Å²) in [6.45, 7) is 0.106. The van der Waals surface area contributed by atoms with Gasteiger partial charge in [-0.3, -0.25) is 9.89 Å². The van der Waals surface area contributed by atoms with E-state index in [4.69, 9.17) is 9.47 Å². The Morgan fingerprint density at radius 2 is 1.97 bits per heavy atom. The fraction of sp³-hybridized carbons (Fsp3) is 0.650. The van der Waals surface area contributed by atoms with Gasteiger partial charge >= 0.3 is 6.18 Å². The molecule has 1 aliphatic rings. The van der Waals surface area contributed by atoms with Gasteiger partial charge in [0.25, 0.3) is 0 Å². The highest BCUT2D eigenvalue weighted by atomic mass is 19.4. The van der Waals surface area contributed by atoms with Gasteiger partial charge in [-0.25, -0.2) is 0 Å². The van der Waals surface area contributed by atoms with E-state index in [1.54, 1.807) is 14.2 Å². The van der Waals surface area contributed by atoms with Gasteiger partial charge in [-0.1, -0.05) is 12.1 Å². The largest absolute Gasteiger partial charge is 0.493 e. The first-order valence-corrected chi connectivity index (χ1v) is 9.84. The highest BCUT2D eigenvalue weighted by molar-refractivity contribution is 5.79. The van der Waals surface area contributed by atoms with E-state index in [2.05, 4.69) is 15.6 Å². The zero-order chi connectivity index (χ0) is 21.3. The second-order valence-corrected chi connectivity index (χ2v) is 7.18. The lowest BCUT2D eigenvalue weighted by Gasteiger charge is -2.21. The predicted molar refractivity (Wildman–Crippen MR) is 108 cm³/mol. The monoisotopic (exact) mass is 416 g/mol. The Labute approximate surface area is 170 Å². The number of aliphatic imine (C=N–C) groups is 1. The maximum absolute atomic E-state index is 12.4. The molecule has 0 aliphatic heterocycles. The average molecular weight is 416 g/mol. The van der Waals surface area contributed by atoms with Crippen molar-refractivity contribution in [2.24, 2.45) is 4.99 Å². The molecular weight excluding hydrogens is 385 g/mol. The normalized spacial score (nSPS) is 15.6. The molecule has 6 nitrogen and oxygen atoms in total. The van der Waals surface area contributed by atoms with Crippen LogP contribution in [0, 0.1) is 0 Å². The van der Waals surface area contributed by atoms with Crippen LogP contribution in [0.25, 0.3) is 0 Å². The molecule has 0 amide bonds. The molecule has 29 heavy (non-hydrogen) atoms. The molecule has 1 aromatic rings. The van der Waals surface area contributed by atoms with Gasteiger partial charge in [0.1, 0.15) is 0 Å². The number of nitrogens with one attached hydrogen (secondary N) is 2. The van der Waals surface area contributed by atoms with Crippen molar-refractivity contribution in [2.45, 2.75) is 44.5 Å². The Bertz CT molecular complexity index is 662. The fourth-order valence-corrected chi connectivity index (χ4v) is 3.32. The molecule has 0 atom stereocenters. The van der Waals surface area contributed by atoms with Gasteiger partial charge in [0.15, 0.2) is 17.5 Å². The molecule has 0 aromatic heterocycles. The van der Waals surface area contributed by atoms with Gasteiger partial charge in [-0.05, 0) is 38.8 Å². The Kier molecular flexibility index (Phi) is 8.88. The summed E-state index contributed by atoms with van der Waals surface area (Å²) in [7, 11) is 4.68. The third-order valence-corrected chi connectivity index (χ3v) is 4.77. The number of methoxy groups -OCH3 is 1. The lowest BCUT2D eigenvalue weighted by molar-refractivity contribution is -0.142. The van der Waals surface area contributed by atoms with E-state index in [9.17, 15) is 13.2 Å². The topological polar surface area (TPSA) is 58.1 Å². The van der Waals surface area contributed by atoms with E-state index in [-0.39, 0.29) is 12.6 Å². The summed E-state index contributed by atoms with van der Waals surface area (Å²) in [5.41, 5.74) is 0.938. The van der Waals surface area contributed by atoms with Crippen LogP contribution in [-0.2, 0) is 6.54 Å². The van der Waals surface area contributed by atoms with Crippen molar-refractivity contribution < 1.29 is 22.6 Å². The number of likely N-dealkylation sites (N-methyl/N-ethyl adjacent to an activating group) is 1. The number of rotatable bonds is 9. The number of para-hydroxylation sites is 1. The van der Waals surface area contributed by atoms with Crippen molar-refractivity contribution in [3.05, 3.63) is 23.8 Å². The zero-order valence-corrected chi connectivity index (χ0v) is 17.3. The van der Waals surface area contributed by atoms with E-state index in [0.717, 1.165) is 24.2 Å². The van der Waals surface area contributed by atoms with Crippen molar-refractivity contribution in [3.8, 4) is 11.5 Å². The Hall–Kier alpha value is -2.16. The van der Waals surface area contributed by atoms with Crippen LogP contribution in [0.5, 0.6) is 11.5 Å². The van der Waals surface area contributed by atoms with Crippen LogP contribution in [0.2, 0.25) is 0 Å². The molecule has 1 saturated carbocycles. The molecule has 9 heteroatoms. The standard InChI is InChI=1S/C20H31F3N4O2/c1-24-19(25-11-12-27(2)14-20(21,22)23)26-13-15-7-6-10-17(28-3)18(15)29-16-8-4-5-9-16/h6-7,10,16H,4-5,8-9,11-14H2,1-3H3,(H2,24,25,26). The molecule has 0 bridgehead atoms. The predicted octanol–water partition coefficient (Wildman–Crippen LogP) is 3.18. The smallest absolute Gasteiger partial charge is 0.401 e. The van der Waals surface area contributed by atoms with Gasteiger partial charge in [0, 0.05) is 32.2 Å². The van der Waals surface area contributed by atoms with Gasteiger partial charge < -0.3 is 20.1 Å². The summed E-state index contributed by atoms with van der Waals surface area (Å²) in [5.74, 6) is 1.93. The first kappa shape index (κ1) is 23.1. The quantitative estimate of drug-likeness (QED) is 0.478. The number of alkyl halides is 3. The molecule has 0 heterocycles. The second-order valence-electron chi connectivity index (χ2n) is 7.18. The molecule has 0 spiro atoms. The Morgan fingerprint density at radius 3 is 2.59 bits per heavy atom. The third kappa shape index (κ3) is 8.00. The maximum Gasteiger partial charge on any atom is 0.401 e. The summed E-state index contributed by atoms with van der Waals surface area (Å²) >= 11 is 0. The van der Waals surface area contributed by atoms with E-state index in [0.29, 0.717) is 24.8 Å².